The number of nitrogens with one attached hydrogen (secondary N) is 1. The Morgan fingerprint density at radius 3 is 2.68 bits per heavy atom. The van der Waals surface area contributed by atoms with Crippen molar-refractivity contribution in [1.82, 2.24) is 14.9 Å². The Labute approximate surface area is 150 Å². The number of hydrogen-bond acceptors (Lipinski definition) is 5. The van der Waals surface area contributed by atoms with Gasteiger partial charge in [-0.05, 0) is 44.2 Å². The van der Waals surface area contributed by atoms with Crippen LogP contribution in [0.25, 0.3) is 17.1 Å². The second-order valence-electron chi connectivity index (χ2n) is 5.73. The SMILES string of the molecule is CCOc1ccc(C2=CSc3nnc(-c4cccc(C)c4)n3N2)cc1. The smallest absolute Gasteiger partial charge is 0.214 e. The summed E-state index contributed by atoms with van der Waals surface area (Å²) in [6.07, 6.45) is 0. The maximum absolute atomic E-state index is 5.51. The summed E-state index contributed by atoms with van der Waals surface area (Å²) in [6.45, 7) is 4.72. The molecule has 6 heteroatoms. The standard InChI is InChI=1S/C19H18N4OS/c1-3-24-16-9-7-14(8-10-16)17-12-25-19-21-20-18(23(19)22-17)15-6-4-5-13(2)11-15/h4-12,22H,3H2,1-2H3. The summed E-state index contributed by atoms with van der Waals surface area (Å²) in [6, 6.07) is 16.3. The first-order valence-electron chi connectivity index (χ1n) is 8.14. The van der Waals surface area contributed by atoms with E-state index in [-0.39, 0.29) is 0 Å². The fraction of sp³-hybridized carbons (Fsp3) is 0.158. The zero-order chi connectivity index (χ0) is 17.2. The average molecular weight is 350 g/mol. The van der Waals surface area contributed by atoms with E-state index in [1.54, 1.807) is 11.8 Å². The Balaban J connectivity index is 1.63. The molecule has 5 nitrogen and oxygen atoms in total. The van der Waals surface area contributed by atoms with Crippen LogP contribution in [-0.2, 0) is 0 Å². The van der Waals surface area contributed by atoms with Crippen molar-refractivity contribution >= 4 is 17.5 Å². The van der Waals surface area contributed by atoms with Crippen molar-refractivity contribution in [3.8, 4) is 17.1 Å². The van der Waals surface area contributed by atoms with E-state index in [1.807, 2.05) is 48.0 Å². The van der Waals surface area contributed by atoms with Gasteiger partial charge in [-0.3, -0.25) is 5.43 Å². The lowest BCUT2D eigenvalue weighted by atomic mass is 10.1. The first kappa shape index (κ1) is 15.8. The van der Waals surface area contributed by atoms with Gasteiger partial charge < -0.3 is 4.74 Å². The Kier molecular flexibility index (Phi) is 4.19. The van der Waals surface area contributed by atoms with Gasteiger partial charge in [0.1, 0.15) is 5.75 Å². The number of nitrogens with zero attached hydrogens (tertiary/aromatic N) is 3. The van der Waals surface area contributed by atoms with Crippen LogP contribution >= 0.6 is 11.8 Å². The number of benzene rings is 2. The van der Waals surface area contributed by atoms with Crippen molar-refractivity contribution in [1.29, 1.82) is 0 Å². The van der Waals surface area contributed by atoms with E-state index in [2.05, 4.69) is 40.1 Å². The quantitative estimate of drug-likeness (QED) is 0.760. The zero-order valence-corrected chi connectivity index (χ0v) is 14.9. The summed E-state index contributed by atoms with van der Waals surface area (Å²) in [5, 5.41) is 11.5. The summed E-state index contributed by atoms with van der Waals surface area (Å²) in [7, 11) is 0. The molecule has 1 N–H and O–H groups in total. The second kappa shape index (κ2) is 6.64. The lowest BCUT2D eigenvalue weighted by molar-refractivity contribution is 0.340. The Morgan fingerprint density at radius 1 is 1.08 bits per heavy atom. The lowest BCUT2D eigenvalue weighted by Gasteiger charge is -2.19. The van der Waals surface area contributed by atoms with Crippen LogP contribution in [0.3, 0.4) is 0 Å². The van der Waals surface area contributed by atoms with E-state index in [1.165, 1.54) is 5.56 Å². The van der Waals surface area contributed by atoms with Gasteiger partial charge in [-0.15, -0.1) is 10.2 Å². The molecule has 0 saturated carbocycles. The molecule has 126 valence electrons. The van der Waals surface area contributed by atoms with Gasteiger partial charge in [0, 0.05) is 16.5 Å². The highest BCUT2D eigenvalue weighted by Gasteiger charge is 2.19. The van der Waals surface area contributed by atoms with Crippen LogP contribution in [0.4, 0.5) is 0 Å². The highest BCUT2D eigenvalue weighted by atomic mass is 32.2. The van der Waals surface area contributed by atoms with E-state index >= 15 is 0 Å². The van der Waals surface area contributed by atoms with Gasteiger partial charge in [0.15, 0.2) is 5.82 Å². The van der Waals surface area contributed by atoms with Crippen LogP contribution in [0.15, 0.2) is 59.1 Å². The van der Waals surface area contributed by atoms with Gasteiger partial charge >= 0.3 is 0 Å². The van der Waals surface area contributed by atoms with Crippen LogP contribution in [0.5, 0.6) is 5.75 Å². The Morgan fingerprint density at radius 2 is 1.92 bits per heavy atom. The van der Waals surface area contributed by atoms with Crippen molar-refractivity contribution in [3.63, 3.8) is 0 Å². The molecule has 0 aliphatic carbocycles. The third-order valence-electron chi connectivity index (χ3n) is 3.90. The van der Waals surface area contributed by atoms with E-state index in [0.29, 0.717) is 6.61 Å². The molecular weight excluding hydrogens is 332 g/mol. The minimum Gasteiger partial charge on any atom is -0.494 e. The number of hydrogen-bond donors (Lipinski definition) is 1. The minimum atomic E-state index is 0.667. The Hall–Kier alpha value is -2.73. The fourth-order valence-electron chi connectivity index (χ4n) is 2.71. The third-order valence-corrected chi connectivity index (χ3v) is 4.73. The van der Waals surface area contributed by atoms with Gasteiger partial charge in [-0.1, -0.05) is 35.5 Å². The molecule has 1 aromatic heterocycles. The molecule has 0 atom stereocenters. The number of fused-ring (bicyclic) bond motifs is 1. The van der Waals surface area contributed by atoms with Crippen molar-refractivity contribution in [2.24, 2.45) is 0 Å². The molecule has 3 aromatic rings. The van der Waals surface area contributed by atoms with E-state index in [0.717, 1.165) is 33.6 Å². The molecular formula is C19H18N4OS. The topological polar surface area (TPSA) is 52.0 Å². The molecule has 1 aliphatic heterocycles. The molecule has 0 unspecified atom stereocenters. The van der Waals surface area contributed by atoms with Crippen molar-refractivity contribution in [3.05, 3.63) is 65.1 Å². The number of thioether (sulfide) groups is 1. The maximum atomic E-state index is 5.51. The average Bonchev–Trinajstić information content (AvgIpc) is 3.06. The summed E-state index contributed by atoms with van der Waals surface area (Å²) in [5.41, 5.74) is 7.76. The van der Waals surface area contributed by atoms with Crippen molar-refractivity contribution < 1.29 is 4.74 Å². The van der Waals surface area contributed by atoms with E-state index in [9.17, 15) is 0 Å². The van der Waals surface area contributed by atoms with E-state index in [4.69, 9.17) is 4.74 Å². The zero-order valence-electron chi connectivity index (χ0n) is 14.1. The minimum absolute atomic E-state index is 0.667. The predicted molar refractivity (Wildman–Crippen MR) is 101 cm³/mol. The van der Waals surface area contributed by atoms with Gasteiger partial charge in [0.25, 0.3) is 0 Å². The van der Waals surface area contributed by atoms with Gasteiger partial charge in [0.2, 0.25) is 5.16 Å². The summed E-state index contributed by atoms with van der Waals surface area (Å²) in [5.74, 6) is 1.68. The third kappa shape index (κ3) is 3.13. The van der Waals surface area contributed by atoms with Crippen LogP contribution in [-0.4, -0.2) is 21.5 Å². The molecule has 0 radical (unpaired) electrons. The molecule has 0 amide bonds. The summed E-state index contributed by atoms with van der Waals surface area (Å²) < 4.78 is 7.45. The van der Waals surface area contributed by atoms with Crippen molar-refractivity contribution in [2.45, 2.75) is 19.0 Å². The second-order valence-corrected chi connectivity index (χ2v) is 6.57. The molecule has 0 bridgehead atoms. The highest BCUT2D eigenvalue weighted by Crippen LogP contribution is 2.31. The molecule has 1 aliphatic rings. The summed E-state index contributed by atoms with van der Waals surface area (Å²) >= 11 is 1.56. The van der Waals surface area contributed by atoms with Crippen LogP contribution in [0.2, 0.25) is 0 Å². The van der Waals surface area contributed by atoms with Gasteiger partial charge in [0.05, 0.1) is 12.3 Å². The number of rotatable bonds is 4. The predicted octanol–water partition coefficient (Wildman–Crippen LogP) is 4.30. The van der Waals surface area contributed by atoms with Gasteiger partial charge in [-0.2, -0.15) is 0 Å². The first-order chi connectivity index (χ1) is 12.2. The monoisotopic (exact) mass is 350 g/mol. The number of aromatic nitrogens is 3. The Bertz CT molecular complexity index is 931. The van der Waals surface area contributed by atoms with Crippen LogP contribution in [0, 0.1) is 6.92 Å². The molecule has 2 heterocycles. The molecule has 0 saturated heterocycles. The molecule has 4 rings (SSSR count). The van der Waals surface area contributed by atoms with Crippen molar-refractivity contribution in [2.75, 3.05) is 12.0 Å². The normalized spacial score (nSPS) is 13.0. The molecule has 2 aromatic carbocycles. The van der Waals surface area contributed by atoms with Gasteiger partial charge in [-0.25, -0.2) is 4.68 Å². The summed E-state index contributed by atoms with van der Waals surface area (Å²) in [4.78, 5) is 0. The maximum Gasteiger partial charge on any atom is 0.214 e. The number of ether oxygens (including phenoxy) is 1. The highest BCUT2D eigenvalue weighted by molar-refractivity contribution is 8.02. The largest absolute Gasteiger partial charge is 0.494 e. The molecule has 25 heavy (non-hydrogen) atoms. The molecule has 0 fully saturated rings. The fourth-order valence-corrected chi connectivity index (χ4v) is 3.44. The lowest BCUT2D eigenvalue weighted by Crippen LogP contribution is -2.18. The molecule has 0 spiro atoms. The van der Waals surface area contributed by atoms with Crippen LogP contribution < -0.4 is 10.2 Å². The first-order valence-corrected chi connectivity index (χ1v) is 9.02. The number of aryl methyl sites for hydroxylation is 1. The van der Waals surface area contributed by atoms with E-state index < -0.39 is 0 Å². The van der Waals surface area contributed by atoms with Crippen LogP contribution in [0.1, 0.15) is 18.1 Å².